The number of urea groups is 1. The summed E-state index contributed by atoms with van der Waals surface area (Å²) in [6, 6.07) is 19.2. The Morgan fingerprint density at radius 1 is 1.07 bits per heavy atom. The van der Waals surface area contributed by atoms with Gasteiger partial charge in [0.05, 0.1) is 5.69 Å². The summed E-state index contributed by atoms with van der Waals surface area (Å²) >= 11 is 1.61. The number of aliphatic imine (C=N–C) groups is 1. The third-order valence-corrected chi connectivity index (χ3v) is 8.47. The molecule has 4 aromatic rings. The highest BCUT2D eigenvalue weighted by Crippen LogP contribution is 2.33. The second kappa shape index (κ2) is 13.8. The van der Waals surface area contributed by atoms with E-state index < -0.39 is 6.36 Å². The molecule has 12 heteroatoms. The van der Waals surface area contributed by atoms with Crippen molar-refractivity contribution in [2.24, 2.45) is 4.99 Å². The van der Waals surface area contributed by atoms with Crippen LogP contribution < -0.4 is 15.0 Å². The number of hydrogen-bond acceptors (Lipinski definition) is 5. The number of nitrogens with zero attached hydrogens (tertiary/aromatic N) is 5. The first-order valence-electron chi connectivity index (χ1n) is 14.7. The van der Waals surface area contributed by atoms with Crippen molar-refractivity contribution in [3.63, 3.8) is 0 Å². The fourth-order valence-corrected chi connectivity index (χ4v) is 5.97. The first-order chi connectivity index (χ1) is 21.5. The van der Waals surface area contributed by atoms with E-state index in [2.05, 4.69) is 69.0 Å². The maximum Gasteiger partial charge on any atom is 0.573 e. The minimum absolute atomic E-state index is 0.0329. The molecule has 1 aromatic heterocycles. The summed E-state index contributed by atoms with van der Waals surface area (Å²) in [5, 5.41) is 8.15. The van der Waals surface area contributed by atoms with Gasteiger partial charge >= 0.3 is 12.4 Å². The highest BCUT2D eigenvalue weighted by atomic mass is 32.2. The molecule has 1 saturated heterocycles. The predicted molar refractivity (Wildman–Crippen MR) is 172 cm³/mol. The van der Waals surface area contributed by atoms with Crippen LogP contribution in [0.3, 0.4) is 0 Å². The minimum atomic E-state index is -4.75. The molecule has 1 unspecified atom stereocenters. The fraction of sp³-hybridized carbons (Fsp3) is 0.333. The number of anilines is 1. The van der Waals surface area contributed by atoms with Crippen molar-refractivity contribution in [2.45, 2.75) is 52.3 Å². The number of hydrogen-bond donors (Lipinski definition) is 1. The third-order valence-electron chi connectivity index (χ3n) is 7.41. The van der Waals surface area contributed by atoms with Gasteiger partial charge in [0.2, 0.25) is 0 Å². The van der Waals surface area contributed by atoms with Gasteiger partial charge < -0.3 is 15.0 Å². The zero-order valence-corrected chi connectivity index (χ0v) is 26.3. The third kappa shape index (κ3) is 8.24. The highest BCUT2D eigenvalue weighted by molar-refractivity contribution is 8.14. The standard InChI is InChI=1S/C33H35F3N6O2S/c1-21(2)28-15-6-22(3)18-29(28)41-16-5-17-45-32(41)39-31(43)37-19-23(4)24-7-9-25(10-8-24)30-38-20-42(40-30)26-11-13-27(14-12-26)44-33(34,35)36/h6-15,18,20-21,23H,5,16-17,19H2,1-4H3,(H,37,43)/b39-32-. The molecule has 1 fully saturated rings. The molecule has 0 spiro atoms. The molecule has 45 heavy (non-hydrogen) atoms. The lowest BCUT2D eigenvalue weighted by molar-refractivity contribution is -0.274. The SMILES string of the molecule is Cc1ccc(C(C)C)c(N2CCCS/C2=N\C(=O)NCC(C)c2ccc(-c3ncn(-c4ccc(OC(F)(F)F)cc4)n3)cc2)c1. The van der Waals surface area contributed by atoms with E-state index in [4.69, 9.17) is 0 Å². The summed E-state index contributed by atoms with van der Waals surface area (Å²) in [4.78, 5) is 23.9. The van der Waals surface area contributed by atoms with E-state index >= 15 is 0 Å². The lowest BCUT2D eigenvalue weighted by atomic mass is 9.98. The molecule has 1 aliphatic heterocycles. The second-order valence-electron chi connectivity index (χ2n) is 11.2. The highest BCUT2D eigenvalue weighted by Gasteiger charge is 2.31. The van der Waals surface area contributed by atoms with Crippen molar-refractivity contribution in [2.75, 3.05) is 23.7 Å². The lowest BCUT2D eigenvalue weighted by Gasteiger charge is -2.32. The number of halogens is 3. The maximum atomic E-state index is 12.9. The van der Waals surface area contributed by atoms with Crippen molar-refractivity contribution >= 4 is 28.6 Å². The molecule has 0 saturated carbocycles. The molecule has 0 radical (unpaired) electrons. The number of amides is 2. The summed E-state index contributed by atoms with van der Waals surface area (Å²) in [5.41, 5.74) is 5.88. The topological polar surface area (TPSA) is 84.6 Å². The number of nitrogens with one attached hydrogen (secondary N) is 1. The normalized spacial score (nSPS) is 15.4. The molecule has 236 valence electrons. The number of carbonyl (C=O) groups excluding carboxylic acids is 1. The van der Waals surface area contributed by atoms with E-state index in [0.29, 0.717) is 24.0 Å². The summed E-state index contributed by atoms with van der Waals surface area (Å²) in [5.74, 6) is 1.47. The van der Waals surface area contributed by atoms with Gasteiger partial charge in [-0.3, -0.25) is 0 Å². The molecule has 8 nitrogen and oxygen atoms in total. The number of aromatic nitrogens is 3. The van der Waals surface area contributed by atoms with Crippen molar-refractivity contribution in [3.8, 4) is 22.8 Å². The van der Waals surface area contributed by atoms with Gasteiger partial charge in [-0.2, -0.15) is 4.99 Å². The zero-order valence-electron chi connectivity index (χ0n) is 25.5. The Morgan fingerprint density at radius 3 is 2.49 bits per heavy atom. The maximum absolute atomic E-state index is 12.9. The number of thioether (sulfide) groups is 1. The minimum Gasteiger partial charge on any atom is -0.406 e. The van der Waals surface area contributed by atoms with Crippen molar-refractivity contribution in [1.82, 2.24) is 20.1 Å². The van der Waals surface area contributed by atoms with Crippen LogP contribution in [0.4, 0.5) is 23.7 Å². The van der Waals surface area contributed by atoms with Crippen LogP contribution >= 0.6 is 11.8 Å². The van der Waals surface area contributed by atoms with E-state index in [-0.39, 0.29) is 17.7 Å². The Labute approximate surface area is 264 Å². The van der Waals surface area contributed by atoms with E-state index in [1.807, 2.05) is 31.2 Å². The van der Waals surface area contributed by atoms with Crippen LogP contribution in [-0.4, -0.2) is 51.2 Å². The number of ether oxygens (including phenoxy) is 1. The Hall–Kier alpha value is -4.32. The number of amidine groups is 1. The Morgan fingerprint density at radius 2 is 1.80 bits per heavy atom. The summed E-state index contributed by atoms with van der Waals surface area (Å²) in [6.45, 7) is 9.70. The molecular weight excluding hydrogens is 601 g/mol. The number of aryl methyl sites for hydroxylation is 1. The van der Waals surface area contributed by atoms with Gasteiger partial charge in [0, 0.05) is 30.1 Å². The Balaban J connectivity index is 1.20. The number of carbonyl (C=O) groups is 1. The van der Waals surface area contributed by atoms with Gasteiger partial charge in [0.15, 0.2) is 11.0 Å². The van der Waals surface area contributed by atoms with Crippen molar-refractivity contribution in [1.29, 1.82) is 0 Å². The van der Waals surface area contributed by atoms with E-state index in [1.165, 1.54) is 46.4 Å². The van der Waals surface area contributed by atoms with Crippen LogP contribution in [0.25, 0.3) is 17.1 Å². The summed E-state index contributed by atoms with van der Waals surface area (Å²) in [7, 11) is 0. The summed E-state index contributed by atoms with van der Waals surface area (Å²) < 4.78 is 42.7. The molecule has 1 N–H and O–H groups in total. The Bertz CT molecular complexity index is 1650. The second-order valence-corrected chi connectivity index (χ2v) is 12.3. The first-order valence-corrected chi connectivity index (χ1v) is 15.7. The molecule has 2 heterocycles. The average molecular weight is 637 g/mol. The van der Waals surface area contributed by atoms with Gasteiger partial charge in [-0.15, -0.1) is 18.3 Å². The number of rotatable bonds is 8. The van der Waals surface area contributed by atoms with Gasteiger partial charge in [-0.05, 0) is 72.2 Å². The van der Waals surface area contributed by atoms with Crippen LogP contribution in [0.5, 0.6) is 5.75 Å². The van der Waals surface area contributed by atoms with Gasteiger partial charge in [-0.1, -0.05) is 68.9 Å². The van der Waals surface area contributed by atoms with Crippen LogP contribution in [0.1, 0.15) is 55.7 Å². The smallest absolute Gasteiger partial charge is 0.406 e. The number of benzene rings is 3. The fourth-order valence-electron chi connectivity index (χ4n) is 5.02. The van der Waals surface area contributed by atoms with Crippen molar-refractivity contribution < 1.29 is 22.7 Å². The Kier molecular flexibility index (Phi) is 9.81. The van der Waals surface area contributed by atoms with Gasteiger partial charge in [0.1, 0.15) is 12.1 Å². The molecule has 1 atom stereocenters. The largest absolute Gasteiger partial charge is 0.573 e. The molecule has 5 rings (SSSR count). The predicted octanol–water partition coefficient (Wildman–Crippen LogP) is 8.08. The molecule has 3 aromatic carbocycles. The van der Waals surface area contributed by atoms with E-state index in [0.717, 1.165) is 40.7 Å². The van der Waals surface area contributed by atoms with E-state index in [9.17, 15) is 18.0 Å². The van der Waals surface area contributed by atoms with Crippen LogP contribution in [0.2, 0.25) is 0 Å². The molecule has 0 bridgehead atoms. The van der Waals surface area contributed by atoms with Gasteiger partial charge in [-0.25, -0.2) is 14.5 Å². The van der Waals surface area contributed by atoms with Gasteiger partial charge in [0.25, 0.3) is 0 Å². The number of alkyl halides is 3. The zero-order chi connectivity index (χ0) is 32.1. The molecular formula is C33H35F3N6O2S. The first kappa shape index (κ1) is 32.1. The monoisotopic (exact) mass is 636 g/mol. The quantitative estimate of drug-likeness (QED) is 0.211. The average Bonchev–Trinajstić information content (AvgIpc) is 3.50. The lowest BCUT2D eigenvalue weighted by Crippen LogP contribution is -2.37. The molecule has 2 amide bonds. The van der Waals surface area contributed by atoms with E-state index in [1.54, 1.807) is 11.8 Å². The van der Waals surface area contributed by atoms with Crippen LogP contribution in [-0.2, 0) is 0 Å². The van der Waals surface area contributed by atoms with Crippen LogP contribution in [0, 0.1) is 6.92 Å². The molecule has 0 aliphatic carbocycles. The summed E-state index contributed by atoms with van der Waals surface area (Å²) in [6.07, 6.45) is -2.23. The van der Waals surface area contributed by atoms with Crippen LogP contribution in [0.15, 0.2) is 78.0 Å². The van der Waals surface area contributed by atoms with Crippen molar-refractivity contribution in [3.05, 3.63) is 89.7 Å². The molecule has 1 aliphatic rings.